The summed E-state index contributed by atoms with van der Waals surface area (Å²) in [7, 11) is 0. The van der Waals surface area contributed by atoms with Crippen LogP contribution in [0.25, 0.3) is 0 Å². The summed E-state index contributed by atoms with van der Waals surface area (Å²) in [6.45, 7) is 0.787. The summed E-state index contributed by atoms with van der Waals surface area (Å²) >= 11 is 5.14. The first-order valence-corrected chi connectivity index (χ1v) is 3.47. The molecule has 9 heavy (non-hydrogen) atoms. The summed E-state index contributed by atoms with van der Waals surface area (Å²) in [5, 5.41) is -0.290. The van der Waals surface area contributed by atoms with Gasteiger partial charge in [0.2, 0.25) is 5.24 Å². The molecule has 0 aromatic rings. The highest BCUT2D eigenvalue weighted by molar-refractivity contribution is 6.63. The molecule has 52 valence electrons. The molecule has 1 fully saturated rings. The first kappa shape index (κ1) is 7.03. The Morgan fingerprint density at radius 3 is 3.00 bits per heavy atom. The summed E-state index contributed by atoms with van der Waals surface area (Å²) in [4.78, 5) is 10.3. The summed E-state index contributed by atoms with van der Waals surface area (Å²) in [6, 6.07) is 0. The van der Waals surface area contributed by atoms with Crippen LogP contribution in [0.2, 0.25) is 0 Å². The number of hydrogen-bond acceptors (Lipinski definition) is 2. The smallest absolute Gasteiger partial charge is 0.224 e. The number of ether oxygens (including phenoxy) is 1. The topological polar surface area (TPSA) is 26.3 Å². The van der Waals surface area contributed by atoms with Gasteiger partial charge in [-0.15, -0.1) is 0 Å². The number of carbonyl (C=O) groups excluding carboxylic acids is 1. The molecule has 1 atom stereocenters. The Labute approximate surface area is 59.1 Å². The molecule has 0 saturated carbocycles. The third-order valence-corrected chi connectivity index (χ3v) is 1.57. The van der Waals surface area contributed by atoms with Gasteiger partial charge < -0.3 is 4.74 Å². The minimum Gasteiger partial charge on any atom is -0.378 e. The standard InChI is InChI=1S/C6H9ClO2/c7-6(8)4-5-2-1-3-9-5/h5H,1-4H2/t5-/m0/s1. The molecular weight excluding hydrogens is 140 g/mol. The van der Waals surface area contributed by atoms with Gasteiger partial charge in [-0.25, -0.2) is 0 Å². The molecule has 1 saturated heterocycles. The van der Waals surface area contributed by atoms with Gasteiger partial charge in [0.05, 0.1) is 6.10 Å². The minimum atomic E-state index is -0.290. The first-order chi connectivity index (χ1) is 4.29. The molecular formula is C6H9ClO2. The minimum absolute atomic E-state index is 0.106. The van der Waals surface area contributed by atoms with Crippen molar-refractivity contribution < 1.29 is 9.53 Å². The van der Waals surface area contributed by atoms with Crippen LogP contribution in [-0.2, 0) is 9.53 Å². The third-order valence-electron chi connectivity index (χ3n) is 1.41. The monoisotopic (exact) mass is 148 g/mol. The van der Waals surface area contributed by atoms with E-state index in [-0.39, 0.29) is 11.3 Å². The Morgan fingerprint density at radius 2 is 2.56 bits per heavy atom. The van der Waals surface area contributed by atoms with Gasteiger partial charge in [0.25, 0.3) is 0 Å². The molecule has 0 radical (unpaired) electrons. The van der Waals surface area contributed by atoms with Crippen molar-refractivity contribution in [3.63, 3.8) is 0 Å². The van der Waals surface area contributed by atoms with Crippen molar-refractivity contribution in [2.75, 3.05) is 6.61 Å². The zero-order valence-electron chi connectivity index (χ0n) is 5.10. The largest absolute Gasteiger partial charge is 0.378 e. The van der Waals surface area contributed by atoms with E-state index < -0.39 is 0 Å². The molecule has 1 aliphatic heterocycles. The van der Waals surface area contributed by atoms with E-state index in [1.54, 1.807) is 0 Å². The lowest BCUT2D eigenvalue weighted by molar-refractivity contribution is -0.113. The maximum atomic E-state index is 10.3. The van der Waals surface area contributed by atoms with Crippen LogP contribution in [0.1, 0.15) is 19.3 Å². The summed E-state index contributed by atoms with van der Waals surface area (Å²) in [6.07, 6.45) is 2.53. The van der Waals surface area contributed by atoms with Crippen LogP contribution in [0, 0.1) is 0 Å². The van der Waals surface area contributed by atoms with E-state index in [9.17, 15) is 4.79 Å². The fraction of sp³-hybridized carbons (Fsp3) is 0.833. The van der Waals surface area contributed by atoms with Crippen LogP contribution in [0.3, 0.4) is 0 Å². The Morgan fingerprint density at radius 1 is 1.78 bits per heavy atom. The summed E-state index contributed by atoms with van der Waals surface area (Å²) in [5.74, 6) is 0. The second kappa shape index (κ2) is 3.18. The van der Waals surface area contributed by atoms with Crippen molar-refractivity contribution in [2.24, 2.45) is 0 Å². The number of hydrogen-bond donors (Lipinski definition) is 0. The lowest BCUT2D eigenvalue weighted by Crippen LogP contribution is -2.07. The summed E-state index contributed by atoms with van der Waals surface area (Å²) in [5.41, 5.74) is 0. The lowest BCUT2D eigenvalue weighted by Gasteiger charge is -2.02. The second-order valence-corrected chi connectivity index (χ2v) is 2.62. The Kier molecular flexibility index (Phi) is 2.49. The van der Waals surface area contributed by atoms with E-state index in [2.05, 4.69) is 0 Å². The third kappa shape index (κ3) is 2.33. The van der Waals surface area contributed by atoms with Gasteiger partial charge in [0.15, 0.2) is 0 Å². The highest BCUT2D eigenvalue weighted by Crippen LogP contribution is 2.15. The number of rotatable bonds is 2. The molecule has 0 amide bonds. The predicted molar refractivity (Wildman–Crippen MR) is 34.5 cm³/mol. The van der Waals surface area contributed by atoms with Crippen molar-refractivity contribution >= 4 is 16.8 Å². The Bertz CT molecular complexity index is 108. The average molecular weight is 149 g/mol. The van der Waals surface area contributed by atoms with Crippen molar-refractivity contribution in [1.29, 1.82) is 0 Å². The fourth-order valence-electron chi connectivity index (χ4n) is 0.984. The zero-order valence-corrected chi connectivity index (χ0v) is 5.86. The molecule has 0 spiro atoms. The molecule has 0 unspecified atom stereocenters. The number of halogens is 1. The van der Waals surface area contributed by atoms with Gasteiger partial charge in [-0.2, -0.15) is 0 Å². The highest BCUT2D eigenvalue weighted by atomic mass is 35.5. The van der Waals surface area contributed by atoms with E-state index >= 15 is 0 Å². The lowest BCUT2D eigenvalue weighted by atomic mass is 10.2. The van der Waals surface area contributed by atoms with Crippen LogP contribution >= 0.6 is 11.6 Å². The van der Waals surface area contributed by atoms with Gasteiger partial charge in [0.1, 0.15) is 0 Å². The first-order valence-electron chi connectivity index (χ1n) is 3.09. The van der Waals surface area contributed by atoms with Gasteiger partial charge in [-0.1, -0.05) is 0 Å². The average Bonchev–Trinajstić information content (AvgIpc) is 2.15. The Balaban J connectivity index is 2.19. The molecule has 0 N–H and O–H groups in total. The van der Waals surface area contributed by atoms with Crippen molar-refractivity contribution in [2.45, 2.75) is 25.4 Å². The SMILES string of the molecule is O=C(Cl)C[C@@H]1CCCO1. The molecule has 1 rings (SSSR count). The van der Waals surface area contributed by atoms with Gasteiger partial charge in [0, 0.05) is 13.0 Å². The predicted octanol–water partition coefficient (Wildman–Crippen LogP) is 1.32. The van der Waals surface area contributed by atoms with Crippen molar-refractivity contribution in [3.05, 3.63) is 0 Å². The quantitative estimate of drug-likeness (QED) is 0.553. The van der Waals surface area contributed by atoms with Crippen LogP contribution in [0.5, 0.6) is 0 Å². The fourth-order valence-corrected chi connectivity index (χ4v) is 1.16. The maximum absolute atomic E-state index is 10.3. The van der Waals surface area contributed by atoms with Gasteiger partial charge in [-0.3, -0.25) is 4.79 Å². The maximum Gasteiger partial charge on any atom is 0.224 e. The molecule has 0 aliphatic carbocycles. The van der Waals surface area contributed by atoms with Crippen molar-refractivity contribution in [1.82, 2.24) is 0 Å². The van der Waals surface area contributed by atoms with Crippen LogP contribution in [-0.4, -0.2) is 18.0 Å². The van der Waals surface area contributed by atoms with Crippen LogP contribution in [0.15, 0.2) is 0 Å². The van der Waals surface area contributed by atoms with E-state index in [0.717, 1.165) is 19.4 Å². The second-order valence-electron chi connectivity index (χ2n) is 2.19. The van der Waals surface area contributed by atoms with E-state index in [4.69, 9.17) is 16.3 Å². The normalized spacial score (nSPS) is 26.6. The molecule has 3 heteroatoms. The van der Waals surface area contributed by atoms with Crippen LogP contribution < -0.4 is 0 Å². The molecule has 0 aromatic heterocycles. The van der Waals surface area contributed by atoms with E-state index in [1.165, 1.54) is 0 Å². The molecule has 1 aliphatic rings. The number of carbonyl (C=O) groups is 1. The zero-order chi connectivity index (χ0) is 6.69. The molecule has 1 heterocycles. The molecule has 0 aromatic carbocycles. The van der Waals surface area contributed by atoms with Gasteiger partial charge >= 0.3 is 0 Å². The summed E-state index contributed by atoms with van der Waals surface area (Å²) < 4.78 is 5.16. The van der Waals surface area contributed by atoms with Crippen molar-refractivity contribution in [3.8, 4) is 0 Å². The highest BCUT2D eigenvalue weighted by Gasteiger charge is 2.17. The molecule has 0 bridgehead atoms. The van der Waals surface area contributed by atoms with E-state index in [0.29, 0.717) is 6.42 Å². The van der Waals surface area contributed by atoms with Crippen LogP contribution in [0.4, 0.5) is 0 Å². The molecule has 2 nitrogen and oxygen atoms in total. The van der Waals surface area contributed by atoms with E-state index in [1.807, 2.05) is 0 Å². The Hall–Kier alpha value is -0.0800. The van der Waals surface area contributed by atoms with Gasteiger partial charge in [-0.05, 0) is 24.4 Å².